The summed E-state index contributed by atoms with van der Waals surface area (Å²) in [5.74, 6) is -7.34. The first-order valence-electron chi connectivity index (χ1n) is 8.57. The number of halogens is 3. The highest BCUT2D eigenvalue weighted by Crippen LogP contribution is 2.42. The van der Waals surface area contributed by atoms with Crippen LogP contribution in [0.2, 0.25) is 0 Å². The highest BCUT2D eigenvalue weighted by Gasteiger charge is 2.37. The minimum atomic E-state index is -1.87. The average Bonchev–Trinajstić information content (AvgIpc) is 2.70. The first-order chi connectivity index (χ1) is 13.4. The number of ether oxygens (including phenoxy) is 1. The predicted octanol–water partition coefficient (Wildman–Crippen LogP) is 3.88. The fourth-order valence-electron chi connectivity index (χ4n) is 3.68. The lowest BCUT2D eigenvalue weighted by molar-refractivity contribution is 0.0693. The van der Waals surface area contributed by atoms with Crippen LogP contribution in [0.5, 0.6) is 5.75 Å². The van der Waals surface area contributed by atoms with E-state index < -0.39 is 57.7 Å². The Morgan fingerprint density at radius 3 is 2.43 bits per heavy atom. The molecule has 8 heteroatoms. The number of carboxylic acids is 1. The topological polar surface area (TPSA) is 68.5 Å². The van der Waals surface area contributed by atoms with E-state index in [1.165, 1.54) is 4.57 Å². The number of benzene rings is 2. The van der Waals surface area contributed by atoms with Crippen molar-refractivity contribution in [3.63, 3.8) is 0 Å². The minimum Gasteiger partial charge on any atom is -0.482 e. The Morgan fingerprint density at radius 2 is 1.82 bits per heavy atom. The van der Waals surface area contributed by atoms with Crippen LogP contribution in [0.15, 0.2) is 41.3 Å². The van der Waals surface area contributed by atoms with E-state index in [-0.39, 0.29) is 5.52 Å². The van der Waals surface area contributed by atoms with Crippen molar-refractivity contribution < 1.29 is 27.8 Å². The van der Waals surface area contributed by atoms with Gasteiger partial charge in [0.05, 0.1) is 11.4 Å². The summed E-state index contributed by atoms with van der Waals surface area (Å²) in [5.41, 5.74) is -1.58. The zero-order valence-corrected chi connectivity index (χ0v) is 14.6. The maximum Gasteiger partial charge on any atom is 0.341 e. The summed E-state index contributed by atoms with van der Waals surface area (Å²) in [6.45, 7) is 1.77. The largest absolute Gasteiger partial charge is 0.482 e. The SMILES string of the molecule is CC[C@H]1Oc2c(F)c(F)c(F)c3c(=O)c(C(=O)O)cn(c23)C1c1ccccc1. The molecule has 144 valence electrons. The van der Waals surface area contributed by atoms with Crippen LogP contribution in [0, 0.1) is 17.5 Å². The second-order valence-corrected chi connectivity index (χ2v) is 6.50. The molecule has 2 atom stereocenters. The summed E-state index contributed by atoms with van der Waals surface area (Å²) < 4.78 is 50.0. The summed E-state index contributed by atoms with van der Waals surface area (Å²) in [6, 6.07) is 8.12. The number of aromatic nitrogens is 1. The lowest BCUT2D eigenvalue weighted by atomic mass is 9.95. The molecule has 28 heavy (non-hydrogen) atoms. The van der Waals surface area contributed by atoms with Gasteiger partial charge in [0, 0.05) is 6.20 Å². The lowest BCUT2D eigenvalue weighted by Gasteiger charge is -2.36. The molecule has 1 aliphatic rings. The molecule has 0 saturated carbocycles. The van der Waals surface area contributed by atoms with Gasteiger partial charge in [0.2, 0.25) is 11.2 Å². The zero-order valence-electron chi connectivity index (χ0n) is 14.6. The van der Waals surface area contributed by atoms with Crippen LogP contribution in [-0.2, 0) is 0 Å². The first-order valence-corrected chi connectivity index (χ1v) is 8.57. The molecule has 2 aromatic carbocycles. The van der Waals surface area contributed by atoms with Crippen LogP contribution < -0.4 is 10.2 Å². The second kappa shape index (κ2) is 6.40. The monoisotopic (exact) mass is 389 g/mol. The number of hydrogen-bond acceptors (Lipinski definition) is 3. The fourth-order valence-corrected chi connectivity index (χ4v) is 3.68. The number of pyridine rings is 1. The molecule has 0 amide bonds. The molecule has 0 aliphatic carbocycles. The van der Waals surface area contributed by atoms with Gasteiger partial charge in [-0.3, -0.25) is 4.79 Å². The van der Waals surface area contributed by atoms with Crippen LogP contribution in [0.3, 0.4) is 0 Å². The predicted molar refractivity (Wildman–Crippen MR) is 94.3 cm³/mol. The Balaban J connectivity index is 2.21. The number of aromatic carboxylic acids is 1. The standard InChI is InChI=1S/C20H14F3NO4/c1-2-11-16(9-6-4-3-5-7-9)24-8-10(20(26)27)18(25)12-13(21)14(22)15(23)19(28-11)17(12)24/h3-8,11,16H,2H2,1H3,(H,26,27)/t11-,16?/m1/s1. The number of rotatable bonds is 3. The number of nitrogens with zero attached hydrogens (tertiary/aromatic N) is 1. The maximum atomic E-state index is 14.5. The fraction of sp³-hybridized carbons (Fsp3) is 0.200. The Bertz CT molecular complexity index is 1170. The molecule has 0 fully saturated rings. The molecule has 4 rings (SSSR count). The van der Waals surface area contributed by atoms with Crippen molar-refractivity contribution in [3.05, 3.63) is 75.3 Å². The van der Waals surface area contributed by atoms with E-state index in [2.05, 4.69) is 0 Å². The molecule has 5 nitrogen and oxygen atoms in total. The van der Waals surface area contributed by atoms with Crippen molar-refractivity contribution in [2.45, 2.75) is 25.5 Å². The van der Waals surface area contributed by atoms with Gasteiger partial charge in [-0.05, 0) is 12.0 Å². The number of carboxylic acid groups (broad SMARTS) is 1. The zero-order chi connectivity index (χ0) is 20.2. The molecule has 0 saturated heterocycles. The third-order valence-corrected chi connectivity index (χ3v) is 4.95. The first kappa shape index (κ1) is 18.1. The molecule has 0 spiro atoms. The van der Waals surface area contributed by atoms with Gasteiger partial charge >= 0.3 is 5.97 Å². The number of carbonyl (C=O) groups is 1. The van der Waals surface area contributed by atoms with Crippen LogP contribution in [0.25, 0.3) is 10.9 Å². The number of hydrogen-bond donors (Lipinski definition) is 1. The summed E-state index contributed by atoms with van der Waals surface area (Å²) in [6.07, 6.45) is 0.713. The van der Waals surface area contributed by atoms with Crippen LogP contribution >= 0.6 is 0 Å². The molecule has 1 N–H and O–H groups in total. The molecule has 1 aromatic heterocycles. The molecule has 0 bridgehead atoms. The molecular formula is C20H14F3NO4. The minimum absolute atomic E-state index is 0.301. The van der Waals surface area contributed by atoms with Gasteiger partial charge in [-0.1, -0.05) is 37.3 Å². The second-order valence-electron chi connectivity index (χ2n) is 6.50. The highest BCUT2D eigenvalue weighted by molar-refractivity contribution is 5.95. The van der Waals surface area contributed by atoms with Crippen molar-refractivity contribution in [1.82, 2.24) is 4.57 Å². The Morgan fingerprint density at radius 1 is 1.14 bits per heavy atom. The third kappa shape index (κ3) is 2.41. The molecule has 3 aromatic rings. The maximum absolute atomic E-state index is 14.5. The van der Waals surface area contributed by atoms with Gasteiger partial charge in [-0.2, -0.15) is 4.39 Å². The average molecular weight is 389 g/mol. The molecule has 2 heterocycles. The Kier molecular flexibility index (Phi) is 4.14. The summed E-state index contributed by atoms with van der Waals surface area (Å²) >= 11 is 0. The van der Waals surface area contributed by atoms with E-state index >= 15 is 0 Å². The molecule has 1 unspecified atom stereocenters. The summed E-state index contributed by atoms with van der Waals surface area (Å²) in [4.78, 5) is 24.1. The summed E-state index contributed by atoms with van der Waals surface area (Å²) in [7, 11) is 0. The van der Waals surface area contributed by atoms with E-state index in [0.29, 0.717) is 12.0 Å². The van der Waals surface area contributed by atoms with Crippen LogP contribution in [0.4, 0.5) is 13.2 Å². The van der Waals surface area contributed by atoms with Gasteiger partial charge in [0.1, 0.15) is 17.2 Å². The van der Waals surface area contributed by atoms with E-state index in [1.807, 2.05) is 0 Å². The van der Waals surface area contributed by atoms with Gasteiger partial charge in [0.25, 0.3) is 0 Å². The smallest absolute Gasteiger partial charge is 0.341 e. The van der Waals surface area contributed by atoms with E-state index in [9.17, 15) is 27.9 Å². The lowest BCUT2D eigenvalue weighted by Crippen LogP contribution is -2.36. The van der Waals surface area contributed by atoms with Gasteiger partial charge < -0.3 is 14.4 Å². The molecule has 1 aliphatic heterocycles. The third-order valence-electron chi connectivity index (χ3n) is 4.95. The highest BCUT2D eigenvalue weighted by atomic mass is 19.2. The van der Waals surface area contributed by atoms with E-state index in [1.54, 1.807) is 37.3 Å². The van der Waals surface area contributed by atoms with Crippen molar-refractivity contribution in [2.75, 3.05) is 0 Å². The van der Waals surface area contributed by atoms with Gasteiger partial charge in [-0.15, -0.1) is 0 Å². The van der Waals surface area contributed by atoms with Crippen molar-refractivity contribution >= 4 is 16.9 Å². The van der Waals surface area contributed by atoms with Gasteiger partial charge in [0.15, 0.2) is 17.4 Å². The Labute approximate surface area is 156 Å². The van der Waals surface area contributed by atoms with Crippen molar-refractivity contribution in [3.8, 4) is 5.75 Å². The molecular weight excluding hydrogens is 375 g/mol. The van der Waals surface area contributed by atoms with Crippen LogP contribution in [-0.4, -0.2) is 21.7 Å². The van der Waals surface area contributed by atoms with Crippen molar-refractivity contribution in [1.29, 1.82) is 0 Å². The normalized spacial score (nSPS) is 18.1. The van der Waals surface area contributed by atoms with E-state index in [4.69, 9.17) is 4.74 Å². The van der Waals surface area contributed by atoms with Crippen molar-refractivity contribution in [2.24, 2.45) is 0 Å². The Hall–Kier alpha value is -3.29. The van der Waals surface area contributed by atoms with Gasteiger partial charge in [-0.25, -0.2) is 13.6 Å². The molecule has 0 radical (unpaired) electrons. The quantitative estimate of drug-likeness (QED) is 0.691. The summed E-state index contributed by atoms with van der Waals surface area (Å²) in [5, 5.41) is 8.55. The van der Waals surface area contributed by atoms with Crippen LogP contribution in [0.1, 0.15) is 35.3 Å². The van der Waals surface area contributed by atoms with E-state index in [0.717, 1.165) is 6.20 Å².